The summed E-state index contributed by atoms with van der Waals surface area (Å²) in [7, 11) is 2.09. The minimum atomic E-state index is -0.318. The molecular formula is C13H22N4O. The second-order valence-electron chi connectivity index (χ2n) is 4.56. The number of rotatable bonds is 6. The first-order valence-electron chi connectivity index (χ1n) is 6.24. The van der Waals surface area contributed by atoms with Crippen LogP contribution in [0.2, 0.25) is 0 Å². The highest BCUT2D eigenvalue weighted by Crippen LogP contribution is 2.09. The molecule has 0 saturated heterocycles. The van der Waals surface area contributed by atoms with Crippen molar-refractivity contribution in [2.45, 2.75) is 39.3 Å². The summed E-state index contributed by atoms with van der Waals surface area (Å²) < 4.78 is 0. The Hall–Kier alpha value is -1.46. The summed E-state index contributed by atoms with van der Waals surface area (Å²) in [6.07, 6.45) is 3.90. The molecule has 0 aliphatic heterocycles. The predicted octanol–water partition coefficient (Wildman–Crippen LogP) is 1.31. The number of nitrogens with zero attached hydrogens (tertiary/aromatic N) is 2. The van der Waals surface area contributed by atoms with Crippen molar-refractivity contribution in [2.75, 3.05) is 7.05 Å². The first-order valence-corrected chi connectivity index (χ1v) is 6.24. The molecule has 0 bridgehead atoms. The highest BCUT2D eigenvalue weighted by Gasteiger charge is 2.10. The topological polar surface area (TPSA) is 71.2 Å². The number of nitrogens with two attached hydrogens (primary N) is 1. The Labute approximate surface area is 108 Å². The lowest BCUT2D eigenvalue weighted by Gasteiger charge is -2.23. The third kappa shape index (κ3) is 4.09. The molecule has 5 nitrogen and oxygen atoms in total. The van der Waals surface area contributed by atoms with Crippen LogP contribution in [-0.4, -0.2) is 28.9 Å². The van der Waals surface area contributed by atoms with E-state index in [-0.39, 0.29) is 5.91 Å². The van der Waals surface area contributed by atoms with E-state index < -0.39 is 0 Å². The number of nitrogen functional groups attached to an aromatic ring is 1. The summed E-state index contributed by atoms with van der Waals surface area (Å²) in [4.78, 5) is 17.8. The number of hydrogen-bond acceptors (Lipinski definition) is 4. The fourth-order valence-corrected chi connectivity index (χ4v) is 1.79. The van der Waals surface area contributed by atoms with Gasteiger partial charge in [-0.2, -0.15) is 0 Å². The molecule has 0 aliphatic carbocycles. The number of aromatic nitrogens is 1. The standard InChI is InChI=1S/C13H22N4O/c1-4-5-10(2)17(3)9-12-7-6-11(8-15-12)13(18)16-14/h6-8,10H,4-5,9,14H2,1-3H3,(H,16,18). The minimum Gasteiger partial charge on any atom is -0.298 e. The average Bonchev–Trinajstić information content (AvgIpc) is 2.39. The summed E-state index contributed by atoms with van der Waals surface area (Å²) in [5.74, 6) is 4.74. The van der Waals surface area contributed by atoms with E-state index in [1.54, 1.807) is 12.3 Å². The van der Waals surface area contributed by atoms with E-state index in [2.05, 4.69) is 36.2 Å². The molecule has 3 N–H and O–H groups in total. The quantitative estimate of drug-likeness (QED) is 0.453. The largest absolute Gasteiger partial charge is 0.298 e. The number of pyridine rings is 1. The van der Waals surface area contributed by atoms with E-state index >= 15 is 0 Å². The Morgan fingerprint density at radius 3 is 2.78 bits per heavy atom. The number of hydrazine groups is 1. The fourth-order valence-electron chi connectivity index (χ4n) is 1.79. The van der Waals surface area contributed by atoms with Crippen molar-refractivity contribution in [1.82, 2.24) is 15.3 Å². The van der Waals surface area contributed by atoms with Crippen molar-refractivity contribution >= 4 is 5.91 Å². The van der Waals surface area contributed by atoms with Gasteiger partial charge in [0.2, 0.25) is 0 Å². The number of hydrogen-bond donors (Lipinski definition) is 2. The predicted molar refractivity (Wildman–Crippen MR) is 71.7 cm³/mol. The van der Waals surface area contributed by atoms with Gasteiger partial charge in [0.1, 0.15) is 0 Å². The van der Waals surface area contributed by atoms with Crippen LogP contribution in [0.15, 0.2) is 18.3 Å². The van der Waals surface area contributed by atoms with Crippen LogP contribution in [0.25, 0.3) is 0 Å². The Kier molecular flexibility index (Phi) is 5.74. The van der Waals surface area contributed by atoms with Crippen molar-refractivity contribution in [3.05, 3.63) is 29.6 Å². The van der Waals surface area contributed by atoms with Crippen LogP contribution in [-0.2, 0) is 6.54 Å². The molecule has 0 aromatic carbocycles. The van der Waals surface area contributed by atoms with Crippen LogP contribution in [0.5, 0.6) is 0 Å². The number of amides is 1. The average molecular weight is 250 g/mol. The Morgan fingerprint density at radius 1 is 1.56 bits per heavy atom. The molecule has 5 heteroatoms. The lowest BCUT2D eigenvalue weighted by Crippen LogP contribution is -2.30. The van der Waals surface area contributed by atoms with Crippen LogP contribution < -0.4 is 11.3 Å². The van der Waals surface area contributed by atoms with Gasteiger partial charge in [0.25, 0.3) is 5.91 Å². The van der Waals surface area contributed by atoms with Gasteiger partial charge in [-0.3, -0.25) is 20.1 Å². The molecule has 18 heavy (non-hydrogen) atoms. The lowest BCUT2D eigenvalue weighted by atomic mass is 10.1. The molecular weight excluding hydrogens is 228 g/mol. The number of carbonyl (C=O) groups is 1. The normalized spacial score (nSPS) is 12.5. The van der Waals surface area contributed by atoms with Crippen molar-refractivity contribution in [3.63, 3.8) is 0 Å². The second-order valence-corrected chi connectivity index (χ2v) is 4.56. The van der Waals surface area contributed by atoms with Crippen molar-refractivity contribution in [3.8, 4) is 0 Å². The lowest BCUT2D eigenvalue weighted by molar-refractivity contribution is 0.0953. The first-order chi connectivity index (χ1) is 8.58. The maximum Gasteiger partial charge on any atom is 0.266 e. The molecule has 0 fully saturated rings. The zero-order chi connectivity index (χ0) is 13.5. The summed E-state index contributed by atoms with van der Waals surface area (Å²) in [6.45, 7) is 5.17. The zero-order valence-electron chi connectivity index (χ0n) is 11.3. The maximum absolute atomic E-state index is 11.3. The highest BCUT2D eigenvalue weighted by molar-refractivity contribution is 5.93. The summed E-state index contributed by atoms with van der Waals surface area (Å²) in [6, 6.07) is 4.13. The molecule has 1 rings (SSSR count). The highest BCUT2D eigenvalue weighted by atomic mass is 16.2. The van der Waals surface area contributed by atoms with E-state index in [4.69, 9.17) is 5.84 Å². The van der Waals surface area contributed by atoms with Gasteiger partial charge >= 0.3 is 0 Å². The van der Waals surface area contributed by atoms with E-state index in [1.807, 2.05) is 6.07 Å². The van der Waals surface area contributed by atoms with Gasteiger partial charge in [0.05, 0.1) is 11.3 Å². The molecule has 1 heterocycles. The number of nitrogens with one attached hydrogen (secondary N) is 1. The van der Waals surface area contributed by atoms with Crippen LogP contribution in [0, 0.1) is 0 Å². The van der Waals surface area contributed by atoms with Gasteiger partial charge in [-0.05, 0) is 32.5 Å². The van der Waals surface area contributed by atoms with E-state index in [0.29, 0.717) is 11.6 Å². The molecule has 0 radical (unpaired) electrons. The van der Waals surface area contributed by atoms with Gasteiger partial charge in [-0.15, -0.1) is 0 Å². The smallest absolute Gasteiger partial charge is 0.266 e. The Morgan fingerprint density at radius 2 is 2.28 bits per heavy atom. The third-order valence-electron chi connectivity index (χ3n) is 3.09. The van der Waals surface area contributed by atoms with Crippen molar-refractivity contribution in [1.29, 1.82) is 0 Å². The van der Waals surface area contributed by atoms with Gasteiger partial charge < -0.3 is 0 Å². The van der Waals surface area contributed by atoms with Gasteiger partial charge in [0.15, 0.2) is 0 Å². The molecule has 100 valence electrons. The van der Waals surface area contributed by atoms with Crippen LogP contribution in [0.1, 0.15) is 42.7 Å². The summed E-state index contributed by atoms with van der Waals surface area (Å²) >= 11 is 0. The molecule has 1 unspecified atom stereocenters. The second kappa shape index (κ2) is 7.08. The number of carbonyl (C=O) groups excluding carboxylic acids is 1. The molecule has 0 aliphatic rings. The zero-order valence-corrected chi connectivity index (χ0v) is 11.3. The summed E-state index contributed by atoms with van der Waals surface area (Å²) in [5, 5.41) is 0. The fraction of sp³-hybridized carbons (Fsp3) is 0.538. The van der Waals surface area contributed by atoms with Gasteiger partial charge in [0, 0.05) is 18.8 Å². The van der Waals surface area contributed by atoms with Crippen LogP contribution >= 0.6 is 0 Å². The minimum absolute atomic E-state index is 0.318. The van der Waals surface area contributed by atoms with Crippen molar-refractivity contribution < 1.29 is 4.79 Å². The molecule has 0 spiro atoms. The molecule has 1 atom stereocenters. The molecule has 1 aromatic heterocycles. The van der Waals surface area contributed by atoms with E-state index in [1.165, 1.54) is 12.8 Å². The van der Waals surface area contributed by atoms with Gasteiger partial charge in [-0.25, -0.2) is 5.84 Å². The van der Waals surface area contributed by atoms with E-state index in [9.17, 15) is 4.79 Å². The molecule has 1 aromatic rings. The third-order valence-corrected chi connectivity index (χ3v) is 3.09. The molecule has 1 amide bonds. The summed E-state index contributed by atoms with van der Waals surface area (Å²) in [5.41, 5.74) is 3.52. The Bertz CT molecular complexity index is 377. The SMILES string of the molecule is CCCC(C)N(C)Cc1ccc(C(=O)NN)cn1. The van der Waals surface area contributed by atoms with Crippen LogP contribution in [0.3, 0.4) is 0 Å². The maximum atomic E-state index is 11.3. The Balaban J connectivity index is 2.60. The van der Waals surface area contributed by atoms with E-state index in [0.717, 1.165) is 12.2 Å². The monoisotopic (exact) mass is 250 g/mol. The van der Waals surface area contributed by atoms with Gasteiger partial charge in [-0.1, -0.05) is 13.3 Å². The molecule has 0 saturated carbocycles. The van der Waals surface area contributed by atoms with Crippen molar-refractivity contribution in [2.24, 2.45) is 5.84 Å². The van der Waals surface area contributed by atoms with Crippen LogP contribution in [0.4, 0.5) is 0 Å². The first kappa shape index (κ1) is 14.6.